The first-order valence-corrected chi connectivity index (χ1v) is 10.3. The molecule has 3 aliphatic rings. The minimum absolute atomic E-state index is 0.0231. The molecule has 0 N–H and O–H groups in total. The maximum Gasteiger partial charge on any atom is 0.239 e. The van der Waals surface area contributed by atoms with Gasteiger partial charge in [-0.3, -0.25) is 19.3 Å². The molecule has 2 aromatic carbocycles. The molecule has 0 saturated carbocycles. The summed E-state index contributed by atoms with van der Waals surface area (Å²) >= 11 is 0. The Hall–Kier alpha value is -2.79. The maximum atomic E-state index is 13.5. The lowest BCUT2D eigenvalue weighted by atomic mass is 9.85. The molecule has 4 atom stereocenters. The molecule has 0 radical (unpaired) electrons. The average Bonchev–Trinajstić information content (AvgIpc) is 3.33. The van der Waals surface area contributed by atoms with Crippen LogP contribution in [0.2, 0.25) is 0 Å². The zero-order chi connectivity index (χ0) is 20.3. The molecule has 3 heterocycles. The number of Topliss-reactive ketones (excluding diaryl/α,β-unsaturated/α-hetero) is 1. The molecular formula is C24H24N2O3. The number of anilines is 1. The predicted molar refractivity (Wildman–Crippen MR) is 110 cm³/mol. The lowest BCUT2D eigenvalue weighted by molar-refractivity contribution is -0.123. The van der Waals surface area contributed by atoms with Crippen molar-refractivity contribution in [3.8, 4) is 0 Å². The van der Waals surface area contributed by atoms with Crippen molar-refractivity contribution in [3.05, 3.63) is 65.2 Å². The van der Waals surface area contributed by atoms with Crippen LogP contribution in [0.5, 0.6) is 0 Å². The molecule has 5 heteroatoms. The van der Waals surface area contributed by atoms with E-state index in [2.05, 4.69) is 4.90 Å². The van der Waals surface area contributed by atoms with Crippen molar-refractivity contribution in [2.24, 2.45) is 11.8 Å². The summed E-state index contributed by atoms with van der Waals surface area (Å²) in [5, 5.41) is 0. The number of fused-ring (bicyclic) bond motifs is 3. The second-order valence-corrected chi connectivity index (χ2v) is 8.53. The van der Waals surface area contributed by atoms with Gasteiger partial charge in [-0.2, -0.15) is 0 Å². The highest BCUT2D eigenvalue weighted by Gasteiger charge is 2.64. The number of nitrogens with zero attached hydrogens (tertiary/aromatic N) is 2. The van der Waals surface area contributed by atoms with Crippen LogP contribution >= 0.6 is 0 Å². The van der Waals surface area contributed by atoms with Crippen molar-refractivity contribution >= 4 is 23.3 Å². The van der Waals surface area contributed by atoms with Crippen LogP contribution in [-0.4, -0.2) is 41.1 Å². The van der Waals surface area contributed by atoms with Crippen molar-refractivity contribution in [3.63, 3.8) is 0 Å². The van der Waals surface area contributed by atoms with Gasteiger partial charge in [-0.15, -0.1) is 0 Å². The number of hydrogen-bond donors (Lipinski definition) is 0. The van der Waals surface area contributed by atoms with E-state index in [1.807, 2.05) is 50.2 Å². The monoisotopic (exact) mass is 388 g/mol. The standard InChI is InChI=1S/C24H24N2O3/c1-14-11-15(2)13-17(12-14)26-23(28)19-18-9-6-10-25(18)21(20(19)24(26)29)22(27)16-7-4-3-5-8-16/h3-5,7-8,11-13,18-21H,6,9-10H2,1-2H3/t18-,19-,20+,21+/m1/s1. The second kappa shape index (κ2) is 6.63. The van der Waals surface area contributed by atoms with Crippen LogP contribution in [0.15, 0.2) is 48.5 Å². The topological polar surface area (TPSA) is 57.7 Å². The molecule has 148 valence electrons. The van der Waals surface area contributed by atoms with E-state index >= 15 is 0 Å². The SMILES string of the molecule is Cc1cc(C)cc(N2C(=O)[C@H]3[C@H](C2=O)[C@@H](C(=O)c2ccccc2)N2CCC[C@H]32)c1. The van der Waals surface area contributed by atoms with Gasteiger partial charge in [-0.25, -0.2) is 4.90 Å². The Kier molecular flexibility index (Phi) is 4.17. The summed E-state index contributed by atoms with van der Waals surface area (Å²) in [6.45, 7) is 4.69. The largest absolute Gasteiger partial charge is 0.292 e. The first-order valence-electron chi connectivity index (χ1n) is 10.3. The Bertz CT molecular complexity index is 996. The molecule has 0 aliphatic carbocycles. The van der Waals surface area contributed by atoms with Crippen molar-refractivity contribution in [1.82, 2.24) is 4.90 Å². The number of ketones is 1. The molecular weight excluding hydrogens is 364 g/mol. The smallest absolute Gasteiger partial charge is 0.239 e. The van der Waals surface area contributed by atoms with Crippen LogP contribution in [0, 0.1) is 25.7 Å². The second-order valence-electron chi connectivity index (χ2n) is 8.53. The van der Waals surface area contributed by atoms with Crippen molar-refractivity contribution in [2.45, 2.75) is 38.8 Å². The van der Waals surface area contributed by atoms with E-state index in [0.29, 0.717) is 11.3 Å². The molecule has 5 rings (SSSR count). The Labute approximate surface area is 170 Å². The van der Waals surface area contributed by atoms with Gasteiger partial charge in [0.1, 0.15) is 0 Å². The van der Waals surface area contributed by atoms with Gasteiger partial charge in [0, 0.05) is 11.6 Å². The summed E-state index contributed by atoms with van der Waals surface area (Å²) in [6.07, 6.45) is 1.82. The first kappa shape index (κ1) is 18.3. The molecule has 3 aliphatic heterocycles. The molecule has 2 amide bonds. The fraction of sp³-hybridized carbons (Fsp3) is 0.375. The number of benzene rings is 2. The summed E-state index contributed by atoms with van der Waals surface area (Å²) in [7, 11) is 0. The highest BCUT2D eigenvalue weighted by molar-refractivity contribution is 6.24. The van der Waals surface area contributed by atoms with E-state index in [1.165, 1.54) is 4.90 Å². The lowest BCUT2D eigenvalue weighted by Gasteiger charge is -2.27. The van der Waals surface area contributed by atoms with Gasteiger partial charge >= 0.3 is 0 Å². The van der Waals surface area contributed by atoms with Crippen LogP contribution in [0.25, 0.3) is 0 Å². The zero-order valence-corrected chi connectivity index (χ0v) is 16.7. The lowest BCUT2D eigenvalue weighted by Crippen LogP contribution is -2.46. The Morgan fingerprint density at radius 1 is 0.931 bits per heavy atom. The third-order valence-electron chi connectivity index (χ3n) is 6.64. The molecule has 0 unspecified atom stereocenters. The number of imide groups is 1. The van der Waals surface area contributed by atoms with E-state index in [4.69, 9.17) is 0 Å². The van der Waals surface area contributed by atoms with Gasteiger partial charge in [0.05, 0.1) is 23.6 Å². The van der Waals surface area contributed by atoms with Gasteiger partial charge in [0.2, 0.25) is 11.8 Å². The number of rotatable bonds is 3. The third-order valence-corrected chi connectivity index (χ3v) is 6.64. The summed E-state index contributed by atoms with van der Waals surface area (Å²) < 4.78 is 0. The summed E-state index contributed by atoms with van der Waals surface area (Å²) in [5.74, 6) is -1.45. The molecule has 5 nitrogen and oxygen atoms in total. The highest BCUT2D eigenvalue weighted by atomic mass is 16.2. The number of carbonyl (C=O) groups excluding carboxylic acids is 3. The van der Waals surface area contributed by atoms with Gasteiger partial charge in [-0.05, 0) is 56.5 Å². The van der Waals surface area contributed by atoms with E-state index in [-0.39, 0.29) is 23.6 Å². The number of hydrogen-bond acceptors (Lipinski definition) is 4. The van der Waals surface area contributed by atoms with Crippen molar-refractivity contribution < 1.29 is 14.4 Å². The number of carbonyl (C=O) groups is 3. The fourth-order valence-electron chi connectivity index (χ4n) is 5.62. The highest BCUT2D eigenvalue weighted by Crippen LogP contribution is 2.48. The minimum Gasteiger partial charge on any atom is -0.292 e. The van der Waals surface area contributed by atoms with E-state index in [0.717, 1.165) is 30.5 Å². The molecule has 3 fully saturated rings. The summed E-state index contributed by atoms with van der Waals surface area (Å²) in [5.41, 5.74) is 3.25. The molecule has 0 bridgehead atoms. The van der Waals surface area contributed by atoms with Crippen LogP contribution in [-0.2, 0) is 9.59 Å². The quantitative estimate of drug-likeness (QED) is 0.599. The van der Waals surface area contributed by atoms with E-state index in [9.17, 15) is 14.4 Å². The number of amides is 2. The van der Waals surface area contributed by atoms with Crippen molar-refractivity contribution in [1.29, 1.82) is 0 Å². The van der Waals surface area contributed by atoms with Crippen LogP contribution in [0.3, 0.4) is 0 Å². The van der Waals surface area contributed by atoms with Gasteiger partial charge in [0.15, 0.2) is 5.78 Å². The van der Waals surface area contributed by atoms with Gasteiger partial charge < -0.3 is 0 Å². The molecule has 0 spiro atoms. The van der Waals surface area contributed by atoms with Crippen LogP contribution in [0.1, 0.15) is 34.3 Å². The van der Waals surface area contributed by atoms with E-state index < -0.39 is 17.9 Å². The Morgan fingerprint density at radius 3 is 2.28 bits per heavy atom. The maximum absolute atomic E-state index is 13.5. The minimum atomic E-state index is -0.596. The van der Waals surface area contributed by atoms with E-state index in [1.54, 1.807) is 12.1 Å². The zero-order valence-electron chi connectivity index (χ0n) is 16.7. The van der Waals surface area contributed by atoms with Crippen LogP contribution < -0.4 is 4.90 Å². The fourth-order valence-corrected chi connectivity index (χ4v) is 5.62. The molecule has 0 aromatic heterocycles. The third kappa shape index (κ3) is 2.68. The normalized spacial score (nSPS) is 28.7. The molecule has 3 saturated heterocycles. The molecule has 29 heavy (non-hydrogen) atoms. The van der Waals surface area contributed by atoms with Crippen molar-refractivity contribution in [2.75, 3.05) is 11.4 Å². The Balaban J connectivity index is 1.57. The van der Waals surface area contributed by atoms with Crippen LogP contribution in [0.4, 0.5) is 5.69 Å². The average molecular weight is 388 g/mol. The molecule has 2 aromatic rings. The summed E-state index contributed by atoms with van der Waals surface area (Å²) in [6, 6.07) is 14.3. The van der Waals surface area contributed by atoms with Gasteiger partial charge in [0.25, 0.3) is 0 Å². The van der Waals surface area contributed by atoms with Gasteiger partial charge in [-0.1, -0.05) is 36.4 Å². The predicted octanol–water partition coefficient (Wildman–Crippen LogP) is 3.14. The Morgan fingerprint density at radius 2 is 1.59 bits per heavy atom. The summed E-state index contributed by atoms with van der Waals surface area (Å²) in [4.78, 5) is 43.8. The first-order chi connectivity index (χ1) is 14.0. The number of aryl methyl sites for hydroxylation is 2.